The molecule has 2 aromatic carbocycles. The van der Waals surface area contributed by atoms with Gasteiger partial charge in [0.05, 0.1) is 7.11 Å². The molecule has 0 atom stereocenters. The molecule has 0 aliphatic carbocycles. The number of carbonyl (C=O) groups is 1. The summed E-state index contributed by atoms with van der Waals surface area (Å²) in [5.41, 5.74) is 2.78. The number of benzene rings is 2. The Kier molecular flexibility index (Phi) is 5.02. The van der Waals surface area contributed by atoms with Gasteiger partial charge >= 0.3 is 0 Å². The van der Waals surface area contributed by atoms with Crippen molar-refractivity contribution in [3.05, 3.63) is 63.6 Å². The first-order chi connectivity index (χ1) is 9.99. The molecule has 21 heavy (non-hydrogen) atoms. The summed E-state index contributed by atoms with van der Waals surface area (Å²) in [6.07, 6.45) is 0. The summed E-state index contributed by atoms with van der Waals surface area (Å²) in [5.74, 6) is 0.800. The number of carbonyl (C=O) groups excluding carboxylic acids is 1. The highest BCUT2D eigenvalue weighted by Gasteiger charge is 2.13. The van der Waals surface area contributed by atoms with Crippen LogP contribution in [0.5, 0.6) is 5.75 Å². The van der Waals surface area contributed by atoms with Crippen LogP contribution in [-0.4, -0.2) is 25.0 Å². The Balaban J connectivity index is 2.15. The lowest BCUT2D eigenvalue weighted by Gasteiger charge is -2.18. The number of ether oxygens (including phenoxy) is 1. The fraction of sp³-hybridized carbons (Fsp3) is 0.235. The molecule has 0 spiro atoms. The molecule has 110 valence electrons. The second-order valence-electron chi connectivity index (χ2n) is 5.03. The van der Waals surface area contributed by atoms with E-state index >= 15 is 0 Å². The van der Waals surface area contributed by atoms with Crippen LogP contribution in [0.1, 0.15) is 21.5 Å². The summed E-state index contributed by atoms with van der Waals surface area (Å²) >= 11 is 3.43. The number of nitrogens with zero attached hydrogens (tertiary/aromatic N) is 1. The van der Waals surface area contributed by atoms with Crippen LogP contribution in [0.25, 0.3) is 0 Å². The van der Waals surface area contributed by atoms with E-state index in [2.05, 4.69) is 15.9 Å². The zero-order chi connectivity index (χ0) is 15.4. The SMILES string of the molecule is COc1cccc(CN(C)C(=O)c2cc(C)cc(Br)c2)c1. The molecule has 0 saturated heterocycles. The second kappa shape index (κ2) is 6.76. The minimum absolute atomic E-state index is 0.00206. The molecular weight excluding hydrogens is 330 g/mol. The Labute approximate surface area is 133 Å². The average molecular weight is 348 g/mol. The van der Waals surface area contributed by atoms with Crippen molar-refractivity contribution in [2.75, 3.05) is 14.2 Å². The molecule has 0 fully saturated rings. The van der Waals surface area contributed by atoms with Gasteiger partial charge in [-0.05, 0) is 48.4 Å². The fourth-order valence-corrected chi connectivity index (χ4v) is 2.80. The van der Waals surface area contributed by atoms with Crippen molar-refractivity contribution in [1.29, 1.82) is 0 Å². The van der Waals surface area contributed by atoms with Crippen molar-refractivity contribution in [1.82, 2.24) is 4.90 Å². The smallest absolute Gasteiger partial charge is 0.253 e. The predicted molar refractivity (Wildman–Crippen MR) is 87.7 cm³/mol. The quantitative estimate of drug-likeness (QED) is 0.835. The normalized spacial score (nSPS) is 10.3. The standard InChI is InChI=1S/C17H18BrNO2/c1-12-7-14(10-15(18)8-12)17(20)19(2)11-13-5-4-6-16(9-13)21-3/h4-10H,11H2,1-3H3. The van der Waals surface area contributed by atoms with Gasteiger partial charge in [0.15, 0.2) is 0 Å². The number of aryl methyl sites for hydroxylation is 1. The maximum absolute atomic E-state index is 12.5. The average Bonchev–Trinajstić information content (AvgIpc) is 2.45. The van der Waals surface area contributed by atoms with Crippen molar-refractivity contribution in [2.45, 2.75) is 13.5 Å². The summed E-state index contributed by atoms with van der Waals surface area (Å²) in [7, 11) is 3.44. The molecule has 2 aromatic rings. The van der Waals surface area contributed by atoms with Gasteiger partial charge in [-0.25, -0.2) is 0 Å². The third-order valence-electron chi connectivity index (χ3n) is 3.19. The summed E-state index contributed by atoms with van der Waals surface area (Å²) in [5, 5.41) is 0. The molecule has 2 rings (SSSR count). The van der Waals surface area contributed by atoms with Crippen molar-refractivity contribution < 1.29 is 9.53 Å². The van der Waals surface area contributed by atoms with Crippen LogP contribution in [0.2, 0.25) is 0 Å². The van der Waals surface area contributed by atoms with Crippen LogP contribution in [0.4, 0.5) is 0 Å². The first-order valence-corrected chi connectivity index (χ1v) is 7.44. The lowest BCUT2D eigenvalue weighted by molar-refractivity contribution is 0.0785. The lowest BCUT2D eigenvalue weighted by Crippen LogP contribution is -2.26. The Morgan fingerprint density at radius 3 is 2.67 bits per heavy atom. The molecule has 4 heteroatoms. The number of methoxy groups -OCH3 is 1. The van der Waals surface area contributed by atoms with Gasteiger partial charge in [0.1, 0.15) is 5.75 Å². The largest absolute Gasteiger partial charge is 0.497 e. The van der Waals surface area contributed by atoms with Gasteiger partial charge < -0.3 is 9.64 Å². The molecule has 0 bridgehead atoms. The molecule has 0 saturated carbocycles. The molecule has 3 nitrogen and oxygen atoms in total. The molecule has 0 radical (unpaired) electrons. The van der Waals surface area contributed by atoms with E-state index in [1.807, 2.05) is 49.4 Å². The Hall–Kier alpha value is -1.81. The van der Waals surface area contributed by atoms with Gasteiger partial charge in [0.25, 0.3) is 5.91 Å². The Morgan fingerprint density at radius 2 is 2.00 bits per heavy atom. The molecule has 0 unspecified atom stereocenters. The summed E-state index contributed by atoms with van der Waals surface area (Å²) in [6.45, 7) is 2.52. The molecule has 0 N–H and O–H groups in total. The van der Waals surface area contributed by atoms with Crippen LogP contribution in [0, 0.1) is 6.92 Å². The van der Waals surface area contributed by atoms with Gasteiger partial charge in [-0.1, -0.05) is 28.1 Å². The number of hydrogen-bond donors (Lipinski definition) is 0. The predicted octanol–water partition coefficient (Wildman–Crippen LogP) is 4.04. The number of rotatable bonds is 4. The van der Waals surface area contributed by atoms with E-state index in [1.165, 1.54) is 0 Å². The topological polar surface area (TPSA) is 29.5 Å². The van der Waals surface area contributed by atoms with E-state index in [-0.39, 0.29) is 5.91 Å². The van der Waals surface area contributed by atoms with E-state index < -0.39 is 0 Å². The van der Waals surface area contributed by atoms with Crippen molar-refractivity contribution in [3.63, 3.8) is 0 Å². The van der Waals surface area contributed by atoms with E-state index in [9.17, 15) is 4.79 Å². The van der Waals surface area contributed by atoms with E-state index in [1.54, 1.807) is 19.1 Å². The third-order valence-corrected chi connectivity index (χ3v) is 3.65. The van der Waals surface area contributed by atoms with Crippen molar-refractivity contribution >= 4 is 21.8 Å². The zero-order valence-corrected chi connectivity index (χ0v) is 14.0. The van der Waals surface area contributed by atoms with Gasteiger partial charge in [0.2, 0.25) is 0 Å². The highest BCUT2D eigenvalue weighted by molar-refractivity contribution is 9.10. The number of amides is 1. The highest BCUT2D eigenvalue weighted by Crippen LogP contribution is 2.18. The summed E-state index contributed by atoms with van der Waals surface area (Å²) in [6, 6.07) is 13.5. The van der Waals surface area contributed by atoms with Crippen molar-refractivity contribution in [2.24, 2.45) is 0 Å². The number of halogens is 1. The maximum atomic E-state index is 12.5. The van der Waals surface area contributed by atoms with Crippen LogP contribution < -0.4 is 4.74 Å². The molecular formula is C17H18BrNO2. The molecule has 0 aromatic heterocycles. The lowest BCUT2D eigenvalue weighted by atomic mass is 10.1. The van der Waals surface area contributed by atoms with E-state index in [4.69, 9.17) is 4.74 Å². The van der Waals surface area contributed by atoms with Crippen molar-refractivity contribution in [3.8, 4) is 5.75 Å². The molecule has 1 amide bonds. The summed E-state index contributed by atoms with van der Waals surface area (Å²) in [4.78, 5) is 14.2. The first kappa shape index (κ1) is 15.6. The van der Waals surface area contributed by atoms with Crippen LogP contribution in [-0.2, 0) is 6.54 Å². The van der Waals surface area contributed by atoms with Gasteiger partial charge in [-0.15, -0.1) is 0 Å². The fourth-order valence-electron chi connectivity index (χ4n) is 2.20. The second-order valence-corrected chi connectivity index (χ2v) is 5.95. The maximum Gasteiger partial charge on any atom is 0.253 e. The highest BCUT2D eigenvalue weighted by atomic mass is 79.9. The van der Waals surface area contributed by atoms with Gasteiger partial charge in [0, 0.05) is 23.6 Å². The first-order valence-electron chi connectivity index (χ1n) is 6.65. The van der Waals surface area contributed by atoms with Crippen LogP contribution in [0.3, 0.4) is 0 Å². The summed E-state index contributed by atoms with van der Waals surface area (Å²) < 4.78 is 6.12. The van der Waals surface area contributed by atoms with Crippen LogP contribution >= 0.6 is 15.9 Å². The molecule has 0 aliphatic rings. The molecule has 0 heterocycles. The third kappa shape index (κ3) is 4.08. The van der Waals surface area contributed by atoms with Gasteiger partial charge in [-0.2, -0.15) is 0 Å². The Bertz CT molecular complexity index is 635. The minimum atomic E-state index is 0.00206. The van der Waals surface area contributed by atoms with E-state index in [0.717, 1.165) is 21.3 Å². The zero-order valence-electron chi connectivity index (χ0n) is 12.4. The van der Waals surface area contributed by atoms with Gasteiger partial charge in [-0.3, -0.25) is 4.79 Å². The monoisotopic (exact) mass is 347 g/mol. The Morgan fingerprint density at radius 1 is 1.24 bits per heavy atom. The molecule has 0 aliphatic heterocycles. The number of hydrogen-bond acceptors (Lipinski definition) is 2. The van der Waals surface area contributed by atoms with Crippen LogP contribution in [0.15, 0.2) is 46.9 Å². The van der Waals surface area contributed by atoms with E-state index in [0.29, 0.717) is 12.1 Å². The minimum Gasteiger partial charge on any atom is -0.497 e.